The van der Waals surface area contributed by atoms with Crippen LogP contribution < -0.4 is 15.4 Å². The molecule has 0 saturated carbocycles. The summed E-state index contributed by atoms with van der Waals surface area (Å²) in [5.41, 5.74) is 0.0408. The van der Waals surface area contributed by atoms with Crippen LogP contribution >= 0.6 is 11.6 Å². The van der Waals surface area contributed by atoms with Gasteiger partial charge in [-0.15, -0.1) is 0 Å². The molecular weight excluding hydrogens is 499 g/mol. The number of halogens is 4. The lowest BCUT2D eigenvalue weighted by Gasteiger charge is -2.14. The van der Waals surface area contributed by atoms with Crippen LogP contribution in [0.2, 0.25) is 5.15 Å². The van der Waals surface area contributed by atoms with Gasteiger partial charge in [0.15, 0.2) is 0 Å². The van der Waals surface area contributed by atoms with Gasteiger partial charge in [0.2, 0.25) is 17.7 Å². The van der Waals surface area contributed by atoms with E-state index in [1.54, 1.807) is 42.3 Å². The van der Waals surface area contributed by atoms with E-state index in [0.29, 0.717) is 11.4 Å². The second-order valence-electron chi connectivity index (χ2n) is 7.32. The Hall–Kier alpha value is -4.45. The van der Waals surface area contributed by atoms with Gasteiger partial charge in [-0.1, -0.05) is 24.2 Å². The topological polar surface area (TPSA) is 107 Å². The van der Waals surface area contributed by atoms with Gasteiger partial charge >= 0.3 is 6.18 Å². The average molecular weight is 516 g/mol. The van der Waals surface area contributed by atoms with E-state index in [4.69, 9.17) is 16.3 Å². The Bertz CT molecular complexity index is 1440. The van der Waals surface area contributed by atoms with E-state index in [0.717, 1.165) is 18.3 Å². The molecular formula is C23H17ClF3N7O2. The van der Waals surface area contributed by atoms with Crippen LogP contribution in [-0.2, 0) is 18.0 Å². The van der Waals surface area contributed by atoms with Crippen LogP contribution in [0.5, 0.6) is 11.6 Å². The minimum atomic E-state index is -4.72. The smallest absolute Gasteiger partial charge is 0.419 e. The normalized spacial score (nSPS) is 11.1. The molecule has 184 valence electrons. The number of nitrogens with one attached hydrogen (secondary N) is 2. The molecule has 13 heteroatoms. The highest BCUT2D eigenvalue weighted by Crippen LogP contribution is 2.39. The number of benzene rings is 1. The number of carbonyl (C=O) groups is 1. The van der Waals surface area contributed by atoms with E-state index >= 15 is 0 Å². The van der Waals surface area contributed by atoms with E-state index in [1.807, 2.05) is 0 Å². The Balaban J connectivity index is 1.76. The van der Waals surface area contributed by atoms with Crippen molar-refractivity contribution in [3.05, 3.63) is 78.5 Å². The molecule has 0 saturated heterocycles. The molecule has 0 spiro atoms. The number of alkyl halides is 3. The number of rotatable bonds is 7. The Morgan fingerprint density at radius 1 is 1.17 bits per heavy atom. The predicted octanol–water partition coefficient (Wildman–Crippen LogP) is 5.60. The summed E-state index contributed by atoms with van der Waals surface area (Å²) in [7, 11) is 1.73. The first-order valence-corrected chi connectivity index (χ1v) is 10.6. The van der Waals surface area contributed by atoms with Crippen LogP contribution in [0.25, 0.3) is 11.1 Å². The maximum Gasteiger partial charge on any atom is 0.419 e. The highest BCUT2D eigenvalue weighted by molar-refractivity contribution is 6.30. The van der Waals surface area contributed by atoms with Crippen molar-refractivity contribution in [3.63, 3.8) is 0 Å². The molecule has 36 heavy (non-hydrogen) atoms. The third kappa shape index (κ3) is 5.78. The molecule has 0 unspecified atom stereocenters. The average Bonchev–Trinajstić information content (AvgIpc) is 3.23. The Morgan fingerprint density at radius 2 is 1.97 bits per heavy atom. The van der Waals surface area contributed by atoms with Crippen LogP contribution in [0.4, 0.5) is 30.5 Å². The summed E-state index contributed by atoms with van der Waals surface area (Å²) in [6, 6.07) is 7.20. The third-order valence-electron chi connectivity index (χ3n) is 4.67. The van der Waals surface area contributed by atoms with Crippen molar-refractivity contribution in [1.29, 1.82) is 0 Å². The summed E-state index contributed by atoms with van der Waals surface area (Å²) in [5, 5.41) is 8.91. The van der Waals surface area contributed by atoms with Crippen molar-refractivity contribution in [2.24, 2.45) is 7.05 Å². The number of ether oxygens (including phenoxy) is 1. The molecule has 3 aromatic heterocycles. The van der Waals surface area contributed by atoms with Gasteiger partial charge in [-0.3, -0.25) is 9.48 Å². The van der Waals surface area contributed by atoms with E-state index in [2.05, 4.69) is 37.3 Å². The maximum atomic E-state index is 13.4. The molecule has 0 aliphatic heterocycles. The third-order valence-corrected chi connectivity index (χ3v) is 4.97. The zero-order valence-corrected chi connectivity index (χ0v) is 19.3. The number of aryl methyl sites for hydroxylation is 1. The number of pyridine rings is 1. The van der Waals surface area contributed by atoms with E-state index in [9.17, 15) is 18.0 Å². The number of hydrogen-bond donors (Lipinski definition) is 2. The summed E-state index contributed by atoms with van der Waals surface area (Å²) in [4.78, 5) is 23.8. The molecule has 0 fully saturated rings. The fourth-order valence-corrected chi connectivity index (χ4v) is 3.26. The quantitative estimate of drug-likeness (QED) is 0.243. The molecule has 1 amide bonds. The lowest BCUT2D eigenvalue weighted by atomic mass is 10.1. The van der Waals surface area contributed by atoms with Gasteiger partial charge in [0.05, 0.1) is 23.0 Å². The van der Waals surface area contributed by atoms with Crippen LogP contribution in [0.1, 0.15) is 5.56 Å². The van der Waals surface area contributed by atoms with Gasteiger partial charge in [-0.05, 0) is 24.3 Å². The van der Waals surface area contributed by atoms with Crippen LogP contribution in [-0.4, -0.2) is 30.6 Å². The second-order valence-corrected chi connectivity index (χ2v) is 7.68. The Labute approximate surface area is 207 Å². The van der Waals surface area contributed by atoms with Gasteiger partial charge in [0, 0.05) is 43.0 Å². The van der Waals surface area contributed by atoms with Gasteiger partial charge in [0.25, 0.3) is 0 Å². The molecule has 4 aromatic rings. The molecule has 9 nitrogen and oxygen atoms in total. The van der Waals surface area contributed by atoms with Gasteiger partial charge < -0.3 is 15.4 Å². The number of aromatic nitrogens is 5. The van der Waals surface area contributed by atoms with Crippen molar-refractivity contribution in [2.45, 2.75) is 6.18 Å². The largest absolute Gasteiger partial charge is 0.438 e. The summed E-state index contributed by atoms with van der Waals surface area (Å²) in [6.07, 6.45) is 2.08. The van der Waals surface area contributed by atoms with Crippen molar-refractivity contribution >= 4 is 34.8 Å². The van der Waals surface area contributed by atoms with Crippen LogP contribution in [0.15, 0.2) is 67.8 Å². The lowest BCUT2D eigenvalue weighted by Crippen LogP contribution is -2.08. The minimum Gasteiger partial charge on any atom is -0.438 e. The van der Waals surface area contributed by atoms with Gasteiger partial charge in [0.1, 0.15) is 10.9 Å². The SMILES string of the molecule is C=CC(=O)Nc1cccc(Oc2nc(Nc3cnn(C)c3)ncc2-c2cnc(Cl)c(C(F)(F)F)c2)c1. The predicted molar refractivity (Wildman–Crippen MR) is 127 cm³/mol. The highest BCUT2D eigenvalue weighted by Gasteiger charge is 2.34. The molecule has 2 N–H and O–H groups in total. The van der Waals surface area contributed by atoms with E-state index in [-0.39, 0.29) is 28.7 Å². The van der Waals surface area contributed by atoms with E-state index in [1.165, 1.54) is 12.3 Å². The zero-order chi connectivity index (χ0) is 25.9. The number of hydrogen-bond acceptors (Lipinski definition) is 7. The molecule has 0 radical (unpaired) electrons. The standard InChI is InChI=1S/C23H17ClF3N7O2/c1-3-19(35)31-14-5-4-6-16(8-14)36-21-17(13-7-18(23(25,26)27)20(24)28-9-13)11-29-22(33-21)32-15-10-30-34(2)12-15/h3-12H,1H2,2H3,(H,31,35)(H,29,32,33). The zero-order valence-electron chi connectivity index (χ0n) is 18.5. The number of amides is 1. The molecule has 4 rings (SSSR count). The number of nitrogens with zero attached hydrogens (tertiary/aromatic N) is 5. The highest BCUT2D eigenvalue weighted by atomic mass is 35.5. The summed E-state index contributed by atoms with van der Waals surface area (Å²) >= 11 is 5.67. The summed E-state index contributed by atoms with van der Waals surface area (Å²) < 4.78 is 47.8. The van der Waals surface area contributed by atoms with Crippen molar-refractivity contribution in [2.75, 3.05) is 10.6 Å². The summed E-state index contributed by atoms with van der Waals surface area (Å²) in [6.45, 7) is 3.40. The fraction of sp³-hybridized carbons (Fsp3) is 0.0870. The van der Waals surface area contributed by atoms with Crippen molar-refractivity contribution in [1.82, 2.24) is 24.7 Å². The second kappa shape index (κ2) is 10.0. The van der Waals surface area contributed by atoms with Crippen molar-refractivity contribution in [3.8, 4) is 22.8 Å². The Morgan fingerprint density at radius 3 is 2.67 bits per heavy atom. The molecule has 0 bridgehead atoms. The lowest BCUT2D eigenvalue weighted by molar-refractivity contribution is -0.137. The van der Waals surface area contributed by atoms with Gasteiger partial charge in [-0.25, -0.2) is 9.97 Å². The molecule has 0 atom stereocenters. The maximum absolute atomic E-state index is 13.4. The monoisotopic (exact) mass is 515 g/mol. The first-order valence-electron chi connectivity index (χ1n) is 10.2. The molecule has 3 heterocycles. The first kappa shape index (κ1) is 24.7. The van der Waals surface area contributed by atoms with E-state index < -0.39 is 22.8 Å². The number of anilines is 3. The first-order chi connectivity index (χ1) is 17.1. The van der Waals surface area contributed by atoms with Crippen LogP contribution in [0, 0.1) is 0 Å². The van der Waals surface area contributed by atoms with Gasteiger partial charge in [-0.2, -0.15) is 23.3 Å². The molecule has 0 aliphatic rings. The number of carbonyl (C=O) groups excluding carboxylic acids is 1. The fourth-order valence-electron chi connectivity index (χ4n) is 3.05. The summed E-state index contributed by atoms with van der Waals surface area (Å²) in [5.74, 6) is -0.136. The molecule has 0 aliphatic carbocycles. The molecule has 1 aromatic carbocycles. The minimum absolute atomic E-state index is 0.0331. The van der Waals surface area contributed by atoms with Crippen molar-refractivity contribution < 1.29 is 22.7 Å². The Kier molecular flexibility index (Phi) is 6.88. The van der Waals surface area contributed by atoms with Crippen LogP contribution in [0.3, 0.4) is 0 Å².